The SMILES string of the molecule is C=Cc1ncc[nH]1.[Os]. The van der Waals surface area contributed by atoms with Crippen molar-refractivity contribution < 1.29 is 19.8 Å². The maximum absolute atomic E-state index is 3.86. The maximum Gasteiger partial charge on any atom is 0.129 e. The molecule has 0 fully saturated rings. The van der Waals surface area contributed by atoms with Crippen LogP contribution >= 0.6 is 0 Å². The van der Waals surface area contributed by atoms with Crippen molar-refractivity contribution in [2.45, 2.75) is 0 Å². The summed E-state index contributed by atoms with van der Waals surface area (Å²) in [4.78, 5) is 6.72. The third kappa shape index (κ3) is 1.59. The zero-order chi connectivity index (χ0) is 5.11. The number of aromatic nitrogens is 2. The number of hydrogen-bond donors (Lipinski definition) is 1. The van der Waals surface area contributed by atoms with Crippen LogP contribution < -0.4 is 0 Å². The van der Waals surface area contributed by atoms with Crippen molar-refractivity contribution in [3.8, 4) is 0 Å². The predicted octanol–water partition coefficient (Wildman–Crippen LogP) is 1.05. The van der Waals surface area contributed by atoms with E-state index in [0.717, 1.165) is 5.82 Å². The van der Waals surface area contributed by atoms with Crippen LogP contribution in [0.25, 0.3) is 6.08 Å². The molecule has 8 heavy (non-hydrogen) atoms. The number of aromatic amines is 1. The van der Waals surface area contributed by atoms with Gasteiger partial charge in [0.25, 0.3) is 0 Å². The van der Waals surface area contributed by atoms with Gasteiger partial charge in [-0.05, 0) is 6.08 Å². The molecule has 0 aliphatic heterocycles. The van der Waals surface area contributed by atoms with Crippen molar-refractivity contribution in [2.75, 3.05) is 0 Å². The van der Waals surface area contributed by atoms with E-state index >= 15 is 0 Å². The minimum atomic E-state index is 0. The van der Waals surface area contributed by atoms with E-state index in [4.69, 9.17) is 0 Å². The number of H-pyrrole nitrogens is 1. The van der Waals surface area contributed by atoms with Gasteiger partial charge in [-0.25, -0.2) is 4.98 Å². The van der Waals surface area contributed by atoms with E-state index < -0.39 is 0 Å². The average molecular weight is 284 g/mol. The first kappa shape index (κ1) is 7.59. The van der Waals surface area contributed by atoms with Crippen molar-refractivity contribution in [2.24, 2.45) is 0 Å². The minimum absolute atomic E-state index is 0. The summed E-state index contributed by atoms with van der Waals surface area (Å²) < 4.78 is 0. The fourth-order valence-corrected chi connectivity index (χ4v) is 0.389. The van der Waals surface area contributed by atoms with Crippen molar-refractivity contribution in [3.05, 3.63) is 24.8 Å². The Balaban J connectivity index is 0.000000490. The summed E-state index contributed by atoms with van der Waals surface area (Å²) >= 11 is 0. The Hall–Kier alpha value is -0.414. The summed E-state index contributed by atoms with van der Waals surface area (Å²) in [7, 11) is 0. The Morgan fingerprint density at radius 2 is 2.50 bits per heavy atom. The Morgan fingerprint density at radius 1 is 1.75 bits per heavy atom. The zero-order valence-electron chi connectivity index (χ0n) is 4.24. The van der Waals surface area contributed by atoms with E-state index in [-0.39, 0.29) is 19.8 Å². The first-order valence-electron chi connectivity index (χ1n) is 2.05. The molecular formula is C5H6N2Os. The van der Waals surface area contributed by atoms with Crippen molar-refractivity contribution in [1.82, 2.24) is 9.97 Å². The molecular weight excluding hydrogens is 278 g/mol. The van der Waals surface area contributed by atoms with Gasteiger partial charge in [-0.15, -0.1) is 0 Å². The van der Waals surface area contributed by atoms with Crippen LogP contribution in [-0.2, 0) is 19.8 Å². The first-order chi connectivity index (χ1) is 3.43. The van der Waals surface area contributed by atoms with Crippen LogP contribution in [0.5, 0.6) is 0 Å². The molecule has 2 nitrogen and oxygen atoms in total. The van der Waals surface area contributed by atoms with Crippen molar-refractivity contribution in [3.63, 3.8) is 0 Å². The monoisotopic (exact) mass is 286 g/mol. The predicted molar refractivity (Wildman–Crippen MR) is 28.7 cm³/mol. The quantitative estimate of drug-likeness (QED) is 0.820. The van der Waals surface area contributed by atoms with E-state index in [1.807, 2.05) is 0 Å². The molecule has 0 saturated carbocycles. The number of nitrogens with one attached hydrogen (secondary N) is 1. The molecule has 0 radical (unpaired) electrons. The maximum atomic E-state index is 3.86. The van der Waals surface area contributed by atoms with Gasteiger partial charge in [-0.1, -0.05) is 6.58 Å². The molecule has 1 heterocycles. The molecule has 3 heteroatoms. The Kier molecular flexibility index (Phi) is 3.39. The molecule has 0 aliphatic carbocycles. The molecule has 44 valence electrons. The third-order valence-corrected chi connectivity index (χ3v) is 0.713. The van der Waals surface area contributed by atoms with E-state index in [9.17, 15) is 0 Å². The second kappa shape index (κ2) is 3.57. The molecule has 0 bridgehead atoms. The van der Waals surface area contributed by atoms with Crippen LogP contribution in [0.3, 0.4) is 0 Å². The van der Waals surface area contributed by atoms with E-state index in [2.05, 4.69) is 16.5 Å². The van der Waals surface area contributed by atoms with Crippen LogP contribution in [0.15, 0.2) is 19.0 Å². The van der Waals surface area contributed by atoms with Gasteiger partial charge in [0, 0.05) is 32.2 Å². The third-order valence-electron chi connectivity index (χ3n) is 0.713. The van der Waals surface area contributed by atoms with E-state index in [0.29, 0.717) is 0 Å². The van der Waals surface area contributed by atoms with Crippen LogP contribution in [0.4, 0.5) is 0 Å². The summed E-state index contributed by atoms with van der Waals surface area (Å²) in [5, 5.41) is 0. The van der Waals surface area contributed by atoms with E-state index in [1.165, 1.54) is 0 Å². The Labute approximate surface area is 61.1 Å². The topological polar surface area (TPSA) is 28.7 Å². The summed E-state index contributed by atoms with van der Waals surface area (Å²) in [6, 6.07) is 0. The fraction of sp³-hybridized carbons (Fsp3) is 0. The van der Waals surface area contributed by atoms with Gasteiger partial charge in [-0.2, -0.15) is 0 Å². The Bertz CT molecular complexity index is 145. The van der Waals surface area contributed by atoms with Crippen LogP contribution in [-0.4, -0.2) is 9.97 Å². The number of rotatable bonds is 1. The smallest absolute Gasteiger partial charge is 0.129 e. The van der Waals surface area contributed by atoms with Gasteiger partial charge < -0.3 is 4.98 Å². The summed E-state index contributed by atoms with van der Waals surface area (Å²) in [5.41, 5.74) is 0. The van der Waals surface area contributed by atoms with Crippen LogP contribution in [0, 0.1) is 0 Å². The summed E-state index contributed by atoms with van der Waals surface area (Å²) in [6.07, 6.45) is 5.12. The second-order valence-corrected chi connectivity index (χ2v) is 1.18. The van der Waals surface area contributed by atoms with Gasteiger partial charge in [-0.3, -0.25) is 0 Å². The van der Waals surface area contributed by atoms with E-state index in [1.54, 1.807) is 18.5 Å². The molecule has 1 aromatic heterocycles. The molecule has 0 aromatic carbocycles. The average Bonchev–Trinajstić information content (AvgIpc) is 2.14. The number of nitrogens with zero attached hydrogens (tertiary/aromatic N) is 1. The normalized spacial score (nSPS) is 7.50. The molecule has 0 unspecified atom stereocenters. The largest absolute Gasteiger partial charge is 0.345 e. The summed E-state index contributed by atoms with van der Waals surface area (Å²) in [6.45, 7) is 3.51. The minimum Gasteiger partial charge on any atom is -0.345 e. The van der Waals surface area contributed by atoms with Crippen molar-refractivity contribution in [1.29, 1.82) is 0 Å². The molecule has 0 atom stereocenters. The van der Waals surface area contributed by atoms with Gasteiger partial charge in [0.2, 0.25) is 0 Å². The van der Waals surface area contributed by atoms with Crippen molar-refractivity contribution >= 4 is 6.08 Å². The molecule has 0 spiro atoms. The second-order valence-electron chi connectivity index (χ2n) is 1.18. The molecule has 1 N–H and O–H groups in total. The van der Waals surface area contributed by atoms with Crippen LogP contribution in [0.2, 0.25) is 0 Å². The van der Waals surface area contributed by atoms with Gasteiger partial charge >= 0.3 is 0 Å². The molecule has 1 rings (SSSR count). The Morgan fingerprint density at radius 3 is 2.75 bits per heavy atom. The summed E-state index contributed by atoms with van der Waals surface area (Å²) in [5.74, 6) is 0.819. The molecule has 0 aliphatic rings. The molecule has 0 amide bonds. The molecule has 1 aromatic rings. The standard InChI is InChI=1S/C5H6N2.Os/c1-2-5-6-3-4-7-5;/h2-4H,1H2,(H,6,7);. The number of imidazole rings is 1. The van der Waals surface area contributed by atoms with Gasteiger partial charge in [0.1, 0.15) is 5.82 Å². The molecule has 0 saturated heterocycles. The first-order valence-corrected chi connectivity index (χ1v) is 2.05. The zero-order valence-corrected chi connectivity index (χ0v) is 6.78. The van der Waals surface area contributed by atoms with Gasteiger partial charge in [0.15, 0.2) is 0 Å². The van der Waals surface area contributed by atoms with Gasteiger partial charge in [0.05, 0.1) is 0 Å². The van der Waals surface area contributed by atoms with Crippen LogP contribution in [0.1, 0.15) is 5.82 Å². The number of hydrogen-bond acceptors (Lipinski definition) is 1. The fourth-order valence-electron chi connectivity index (χ4n) is 0.389.